The quantitative estimate of drug-likeness (QED) is 0.611. The van der Waals surface area contributed by atoms with Gasteiger partial charge in [0.25, 0.3) is 0 Å². The first-order valence-electron chi connectivity index (χ1n) is 6.05. The van der Waals surface area contributed by atoms with Gasteiger partial charge in [0.15, 0.2) is 5.16 Å². The number of nitrogens with two attached hydrogens (primary N) is 1. The van der Waals surface area contributed by atoms with Crippen molar-refractivity contribution >= 4 is 17.7 Å². The molecule has 0 aromatic carbocycles. The van der Waals surface area contributed by atoms with Crippen molar-refractivity contribution in [2.24, 2.45) is 5.73 Å². The highest BCUT2D eigenvalue weighted by atomic mass is 32.2. The van der Waals surface area contributed by atoms with E-state index in [1.54, 1.807) is 11.8 Å². The number of primary amides is 1. The molecule has 0 aliphatic carbocycles. The summed E-state index contributed by atoms with van der Waals surface area (Å²) in [6, 6.07) is 0. The van der Waals surface area contributed by atoms with Crippen LogP contribution in [-0.4, -0.2) is 38.4 Å². The zero-order valence-corrected chi connectivity index (χ0v) is 11.9. The van der Waals surface area contributed by atoms with E-state index < -0.39 is 5.54 Å². The number of carbonyl (C=O) groups excluding carboxylic acids is 1. The first kappa shape index (κ1) is 15.0. The van der Waals surface area contributed by atoms with Gasteiger partial charge >= 0.3 is 0 Å². The van der Waals surface area contributed by atoms with Crippen molar-refractivity contribution in [3.05, 3.63) is 6.33 Å². The van der Waals surface area contributed by atoms with Crippen LogP contribution in [0.15, 0.2) is 11.5 Å². The first-order valence-corrected chi connectivity index (χ1v) is 6.93. The molecule has 0 saturated heterocycles. The second kappa shape index (κ2) is 6.75. The predicted octanol–water partition coefficient (Wildman–Crippen LogP) is 0.919. The van der Waals surface area contributed by atoms with Crippen molar-refractivity contribution in [3.8, 4) is 0 Å². The van der Waals surface area contributed by atoms with Gasteiger partial charge in [-0.3, -0.25) is 9.89 Å². The fourth-order valence-corrected chi connectivity index (χ4v) is 2.73. The van der Waals surface area contributed by atoms with Gasteiger partial charge in [-0.1, -0.05) is 25.6 Å². The van der Waals surface area contributed by atoms with Crippen molar-refractivity contribution in [1.29, 1.82) is 0 Å². The van der Waals surface area contributed by atoms with Crippen LogP contribution in [0, 0.1) is 0 Å². The molecule has 4 N–H and O–H groups in total. The molecule has 1 amide bonds. The van der Waals surface area contributed by atoms with E-state index in [4.69, 9.17) is 5.73 Å². The minimum Gasteiger partial charge on any atom is -0.368 e. The molecule has 0 radical (unpaired) electrons. The molecule has 0 bridgehead atoms. The molecule has 18 heavy (non-hydrogen) atoms. The lowest BCUT2D eigenvalue weighted by Gasteiger charge is -2.29. The lowest BCUT2D eigenvalue weighted by Crippen LogP contribution is -2.54. The molecule has 2 unspecified atom stereocenters. The largest absolute Gasteiger partial charge is 0.368 e. The number of hydrogen-bond acceptors (Lipinski definition) is 5. The molecule has 0 aliphatic heterocycles. The van der Waals surface area contributed by atoms with Gasteiger partial charge in [0.2, 0.25) is 5.91 Å². The number of aromatic amines is 1. The number of rotatable bonds is 8. The van der Waals surface area contributed by atoms with E-state index >= 15 is 0 Å². The van der Waals surface area contributed by atoms with E-state index in [2.05, 4.69) is 27.4 Å². The van der Waals surface area contributed by atoms with Gasteiger partial charge in [-0.15, -0.1) is 0 Å². The van der Waals surface area contributed by atoms with Crippen LogP contribution in [0.1, 0.15) is 33.6 Å². The lowest BCUT2D eigenvalue weighted by atomic mass is 9.95. The molecule has 7 heteroatoms. The zero-order valence-electron chi connectivity index (χ0n) is 11.1. The average Bonchev–Trinajstić information content (AvgIpc) is 2.78. The van der Waals surface area contributed by atoms with Gasteiger partial charge < -0.3 is 11.1 Å². The zero-order chi connectivity index (χ0) is 13.6. The fraction of sp³-hybridized carbons (Fsp3) is 0.727. The molecule has 1 aromatic heterocycles. The summed E-state index contributed by atoms with van der Waals surface area (Å²) in [5.41, 5.74) is 4.81. The Morgan fingerprint density at radius 1 is 1.72 bits per heavy atom. The Balaban J connectivity index is 2.57. The van der Waals surface area contributed by atoms with Crippen LogP contribution < -0.4 is 11.1 Å². The SMILES string of the molecule is CCCNC(C)(CC(C)Sc1ncn[nH]1)C(N)=O. The molecule has 0 spiro atoms. The van der Waals surface area contributed by atoms with Crippen molar-refractivity contribution in [1.82, 2.24) is 20.5 Å². The number of nitrogens with one attached hydrogen (secondary N) is 2. The number of hydrogen-bond donors (Lipinski definition) is 3. The molecule has 0 fully saturated rings. The number of amides is 1. The molecule has 0 aliphatic rings. The predicted molar refractivity (Wildman–Crippen MR) is 72.2 cm³/mol. The van der Waals surface area contributed by atoms with Crippen LogP contribution in [-0.2, 0) is 4.79 Å². The van der Waals surface area contributed by atoms with Crippen molar-refractivity contribution in [3.63, 3.8) is 0 Å². The second-order valence-electron chi connectivity index (χ2n) is 4.55. The Kier molecular flexibility index (Phi) is 5.61. The summed E-state index contributed by atoms with van der Waals surface area (Å²) in [6.07, 6.45) is 3.08. The van der Waals surface area contributed by atoms with E-state index in [-0.39, 0.29) is 11.2 Å². The summed E-state index contributed by atoms with van der Waals surface area (Å²) >= 11 is 1.55. The third kappa shape index (κ3) is 4.30. The molecule has 0 saturated carbocycles. The van der Waals surface area contributed by atoms with Crippen molar-refractivity contribution in [2.45, 2.75) is 49.6 Å². The monoisotopic (exact) mass is 271 g/mol. The Bertz CT molecular complexity index is 370. The van der Waals surface area contributed by atoms with Crippen LogP contribution in [0.4, 0.5) is 0 Å². The Labute approximate surface area is 112 Å². The van der Waals surface area contributed by atoms with Crippen molar-refractivity contribution < 1.29 is 4.79 Å². The molecular formula is C11H21N5OS. The average molecular weight is 271 g/mol. The molecule has 1 rings (SSSR count). The molecular weight excluding hydrogens is 250 g/mol. The van der Waals surface area contributed by atoms with Gasteiger partial charge in [-0.2, -0.15) is 5.10 Å². The molecule has 6 nitrogen and oxygen atoms in total. The summed E-state index contributed by atoms with van der Waals surface area (Å²) in [4.78, 5) is 15.6. The summed E-state index contributed by atoms with van der Waals surface area (Å²) in [5.74, 6) is -0.319. The Hall–Kier alpha value is -1.08. The highest BCUT2D eigenvalue weighted by molar-refractivity contribution is 7.99. The number of H-pyrrole nitrogens is 1. The van der Waals surface area contributed by atoms with Crippen LogP contribution in [0.3, 0.4) is 0 Å². The third-order valence-corrected chi connectivity index (χ3v) is 3.70. The van der Waals surface area contributed by atoms with E-state index in [9.17, 15) is 4.79 Å². The van der Waals surface area contributed by atoms with Gasteiger partial charge in [0, 0.05) is 5.25 Å². The van der Waals surface area contributed by atoms with Gasteiger partial charge in [-0.05, 0) is 26.3 Å². The van der Waals surface area contributed by atoms with Gasteiger partial charge in [0.05, 0.1) is 5.54 Å². The van der Waals surface area contributed by atoms with Gasteiger partial charge in [-0.25, -0.2) is 4.98 Å². The number of thioether (sulfide) groups is 1. The van der Waals surface area contributed by atoms with Gasteiger partial charge in [0.1, 0.15) is 6.33 Å². The Morgan fingerprint density at radius 3 is 2.94 bits per heavy atom. The van der Waals surface area contributed by atoms with Crippen molar-refractivity contribution in [2.75, 3.05) is 6.54 Å². The molecule has 102 valence electrons. The number of nitrogens with zero attached hydrogens (tertiary/aromatic N) is 2. The molecule has 1 aromatic rings. The number of carbonyl (C=O) groups is 1. The minimum atomic E-state index is -0.678. The first-order chi connectivity index (χ1) is 8.48. The summed E-state index contributed by atoms with van der Waals surface area (Å²) in [6.45, 7) is 6.73. The molecule has 2 atom stereocenters. The van der Waals surface area contributed by atoms with E-state index in [1.165, 1.54) is 6.33 Å². The lowest BCUT2D eigenvalue weighted by molar-refractivity contribution is -0.124. The standard InChI is InChI=1S/C11H21N5OS/c1-4-5-14-11(3,9(12)17)6-8(2)18-10-13-7-15-16-10/h7-8,14H,4-6H2,1-3H3,(H2,12,17)(H,13,15,16). The highest BCUT2D eigenvalue weighted by Crippen LogP contribution is 2.25. The van der Waals surface area contributed by atoms with Crippen LogP contribution in [0.5, 0.6) is 0 Å². The normalized spacial score (nSPS) is 16.2. The van der Waals surface area contributed by atoms with E-state index in [0.717, 1.165) is 18.1 Å². The Morgan fingerprint density at radius 2 is 2.44 bits per heavy atom. The molecule has 1 heterocycles. The topological polar surface area (TPSA) is 96.7 Å². The minimum absolute atomic E-state index is 0.208. The smallest absolute Gasteiger partial charge is 0.237 e. The maximum Gasteiger partial charge on any atom is 0.237 e. The summed E-state index contributed by atoms with van der Waals surface area (Å²) < 4.78 is 0. The van der Waals surface area contributed by atoms with E-state index in [1.807, 2.05) is 13.8 Å². The van der Waals surface area contributed by atoms with Crippen LogP contribution >= 0.6 is 11.8 Å². The van der Waals surface area contributed by atoms with E-state index in [0.29, 0.717) is 6.42 Å². The highest BCUT2D eigenvalue weighted by Gasteiger charge is 2.32. The van der Waals surface area contributed by atoms with Crippen LogP contribution in [0.25, 0.3) is 0 Å². The number of aromatic nitrogens is 3. The summed E-state index contributed by atoms with van der Waals surface area (Å²) in [7, 11) is 0. The summed E-state index contributed by atoms with van der Waals surface area (Å²) in [5, 5.41) is 10.8. The van der Waals surface area contributed by atoms with Crippen LogP contribution in [0.2, 0.25) is 0 Å². The second-order valence-corrected chi connectivity index (χ2v) is 5.97. The maximum absolute atomic E-state index is 11.6. The fourth-order valence-electron chi connectivity index (χ4n) is 1.72. The maximum atomic E-state index is 11.6. The third-order valence-electron chi connectivity index (χ3n) is 2.71.